The maximum absolute atomic E-state index is 15.3. The summed E-state index contributed by atoms with van der Waals surface area (Å²) in [4.78, 5) is 60.9. The van der Waals surface area contributed by atoms with Crippen LogP contribution in [0.3, 0.4) is 0 Å². The van der Waals surface area contributed by atoms with Crippen LogP contribution in [0.1, 0.15) is 35.4 Å². The van der Waals surface area contributed by atoms with Crippen molar-refractivity contribution in [2.75, 3.05) is 17.3 Å². The minimum atomic E-state index is -1.40. The first kappa shape index (κ1) is 35.6. The van der Waals surface area contributed by atoms with Crippen molar-refractivity contribution in [2.45, 2.75) is 24.2 Å². The fourth-order valence-corrected chi connectivity index (χ4v) is 10.3. The third-order valence-corrected chi connectivity index (χ3v) is 12.8. The number of halogens is 1. The number of para-hydroxylation sites is 1. The van der Waals surface area contributed by atoms with Gasteiger partial charge in [0, 0.05) is 28.8 Å². The summed E-state index contributed by atoms with van der Waals surface area (Å²) in [6.45, 7) is 0. The molecule has 2 amide bonds. The van der Waals surface area contributed by atoms with Crippen molar-refractivity contribution < 1.29 is 29.0 Å². The summed E-state index contributed by atoms with van der Waals surface area (Å²) >= 11 is 3.52. The number of allylic oxidation sites excluding steroid dienone is 4. The van der Waals surface area contributed by atoms with E-state index in [1.807, 2.05) is 109 Å². The number of imide groups is 1. The summed E-state index contributed by atoms with van der Waals surface area (Å²) in [5.74, 6) is -4.46. The summed E-state index contributed by atoms with van der Waals surface area (Å²) < 4.78 is 5.99. The Hall–Kier alpha value is -6.06. The Labute approximate surface area is 332 Å². The number of amides is 2. The van der Waals surface area contributed by atoms with Crippen molar-refractivity contribution >= 4 is 61.9 Å². The molecule has 3 aliphatic carbocycles. The van der Waals surface area contributed by atoms with Gasteiger partial charge in [-0.1, -0.05) is 90.5 Å². The average molecular weight is 806 g/mol. The molecule has 56 heavy (non-hydrogen) atoms. The van der Waals surface area contributed by atoms with Gasteiger partial charge in [0.1, 0.15) is 0 Å². The van der Waals surface area contributed by atoms with Gasteiger partial charge >= 0.3 is 0 Å². The molecule has 9 heteroatoms. The number of hydrogen-bond acceptors (Lipinski definition) is 7. The number of ketones is 2. The van der Waals surface area contributed by atoms with Crippen LogP contribution in [0.25, 0.3) is 5.57 Å². The Morgan fingerprint density at radius 2 is 1.43 bits per heavy atom. The molecule has 5 aromatic rings. The molecule has 0 unspecified atom stereocenters. The number of Topliss-reactive ketones (excluding diaryl/α,β-unsaturated/α-hetero) is 1. The van der Waals surface area contributed by atoms with Crippen LogP contribution in [0, 0.1) is 23.7 Å². The van der Waals surface area contributed by atoms with Crippen molar-refractivity contribution in [3.05, 3.63) is 166 Å². The first-order valence-corrected chi connectivity index (χ1v) is 19.5. The van der Waals surface area contributed by atoms with Gasteiger partial charge in [-0.3, -0.25) is 24.1 Å². The standard InChI is InChI=1S/C47H37BrN2O6/c1-56-39-24-28(23-38(48)44(39)53)42-33-21-22-34-41(46(55)50(45(34)54)32-19-17-31(18-20-32)49-30-15-9-4-10-16-30)36(33)25-37-43(52)35(27-11-5-2-6-12-27)26-40(51)47(37,42)29-13-7-3-8-14-29/h2-21,23-24,26,34,36-37,41-42,49,53H,22,25H2,1H3/t34-,36+,37-,41-,42-,47-/m0/s1. The molecule has 4 aliphatic rings. The molecule has 0 spiro atoms. The normalized spacial score (nSPS) is 25.5. The lowest BCUT2D eigenvalue weighted by molar-refractivity contribution is -0.135. The van der Waals surface area contributed by atoms with Crippen molar-refractivity contribution in [1.29, 1.82) is 0 Å². The highest BCUT2D eigenvalue weighted by Gasteiger charge is 2.66. The van der Waals surface area contributed by atoms with Crippen LogP contribution < -0.4 is 15.0 Å². The topological polar surface area (TPSA) is 113 Å². The summed E-state index contributed by atoms with van der Waals surface area (Å²) in [6, 6.07) is 39.1. The molecule has 0 aromatic heterocycles. The fraction of sp³-hybridized carbons (Fsp3) is 0.191. The number of aromatic hydroxyl groups is 1. The SMILES string of the molecule is COc1cc([C@H]2C3=CC[C@@H]4C(=O)N(c5ccc(Nc6ccccc6)cc5)C(=O)[C@@H]4[C@@H]3C[C@H]3C(=O)C(c4ccccc4)=CC(=O)[C@@]23c2ccccc2)cc(Br)c1O. The number of nitrogens with one attached hydrogen (secondary N) is 1. The van der Waals surface area contributed by atoms with E-state index in [1.54, 1.807) is 24.3 Å². The maximum Gasteiger partial charge on any atom is 0.238 e. The molecule has 1 saturated heterocycles. The zero-order chi connectivity index (χ0) is 38.7. The molecule has 1 heterocycles. The third kappa shape index (κ3) is 5.47. The Bertz CT molecular complexity index is 2470. The zero-order valence-corrected chi connectivity index (χ0v) is 32.0. The predicted molar refractivity (Wildman–Crippen MR) is 218 cm³/mol. The molecule has 2 fully saturated rings. The van der Waals surface area contributed by atoms with E-state index >= 15 is 9.59 Å². The second-order valence-electron chi connectivity index (χ2n) is 14.9. The smallest absolute Gasteiger partial charge is 0.238 e. The van der Waals surface area contributed by atoms with Crippen LogP contribution in [0.5, 0.6) is 11.5 Å². The lowest BCUT2D eigenvalue weighted by Crippen LogP contribution is -2.58. The van der Waals surface area contributed by atoms with E-state index in [4.69, 9.17) is 4.74 Å². The highest BCUT2D eigenvalue weighted by atomic mass is 79.9. The summed E-state index contributed by atoms with van der Waals surface area (Å²) in [6.07, 6.45) is 4.01. The van der Waals surface area contributed by atoms with Crippen LogP contribution in [-0.2, 0) is 24.6 Å². The maximum atomic E-state index is 15.3. The summed E-state index contributed by atoms with van der Waals surface area (Å²) in [7, 11) is 1.46. The molecule has 8 nitrogen and oxygen atoms in total. The highest BCUT2D eigenvalue weighted by Crippen LogP contribution is 2.64. The van der Waals surface area contributed by atoms with Crippen LogP contribution in [-0.4, -0.2) is 35.6 Å². The minimum absolute atomic E-state index is 0.0962. The van der Waals surface area contributed by atoms with Crippen molar-refractivity contribution in [3.63, 3.8) is 0 Å². The molecule has 1 saturated carbocycles. The molecule has 6 atom stereocenters. The minimum Gasteiger partial charge on any atom is -0.503 e. The van der Waals surface area contributed by atoms with E-state index in [1.165, 1.54) is 18.1 Å². The largest absolute Gasteiger partial charge is 0.503 e. The van der Waals surface area contributed by atoms with Gasteiger partial charge in [-0.15, -0.1) is 0 Å². The molecular formula is C47H37BrN2O6. The van der Waals surface area contributed by atoms with Crippen LogP contribution in [0.15, 0.2) is 150 Å². The van der Waals surface area contributed by atoms with Gasteiger partial charge in [-0.25, -0.2) is 0 Å². The molecular weight excluding hydrogens is 768 g/mol. The quantitative estimate of drug-likeness (QED) is 0.125. The van der Waals surface area contributed by atoms with Gasteiger partial charge in [0.15, 0.2) is 23.1 Å². The van der Waals surface area contributed by atoms with E-state index in [0.29, 0.717) is 38.8 Å². The van der Waals surface area contributed by atoms with E-state index in [9.17, 15) is 14.7 Å². The second kappa shape index (κ2) is 13.9. The number of nitrogens with zero attached hydrogens (tertiary/aromatic N) is 1. The summed E-state index contributed by atoms with van der Waals surface area (Å²) in [5, 5.41) is 14.3. The van der Waals surface area contributed by atoms with E-state index in [0.717, 1.165) is 16.9 Å². The number of hydrogen-bond donors (Lipinski definition) is 2. The van der Waals surface area contributed by atoms with E-state index in [-0.39, 0.29) is 41.3 Å². The Morgan fingerprint density at radius 1 is 0.786 bits per heavy atom. The number of carbonyl (C=O) groups is 4. The van der Waals surface area contributed by atoms with Crippen LogP contribution in [0.2, 0.25) is 0 Å². The van der Waals surface area contributed by atoms with Gasteiger partial charge < -0.3 is 15.2 Å². The monoisotopic (exact) mass is 804 g/mol. The van der Waals surface area contributed by atoms with Crippen molar-refractivity contribution in [2.24, 2.45) is 23.7 Å². The number of phenols is 1. The lowest BCUT2D eigenvalue weighted by atomic mass is 9.44. The Kier molecular flexibility index (Phi) is 8.85. The molecule has 278 valence electrons. The zero-order valence-electron chi connectivity index (χ0n) is 30.4. The number of methoxy groups -OCH3 is 1. The van der Waals surface area contributed by atoms with Crippen molar-refractivity contribution in [1.82, 2.24) is 0 Å². The lowest BCUT2D eigenvalue weighted by Gasteiger charge is -2.55. The fourth-order valence-electron chi connectivity index (χ4n) is 9.80. The van der Waals surface area contributed by atoms with Crippen molar-refractivity contribution in [3.8, 4) is 11.5 Å². The molecule has 0 bridgehead atoms. The molecule has 0 radical (unpaired) electrons. The molecule has 9 rings (SSSR count). The first-order chi connectivity index (χ1) is 27.2. The number of phenolic OH excluding ortho intramolecular Hbond substituents is 1. The van der Waals surface area contributed by atoms with Crippen LogP contribution in [0.4, 0.5) is 17.1 Å². The Morgan fingerprint density at radius 3 is 2.11 bits per heavy atom. The number of carbonyl (C=O) groups excluding carboxylic acids is 4. The number of fused-ring (bicyclic) bond motifs is 4. The van der Waals surface area contributed by atoms with E-state index < -0.39 is 35.0 Å². The number of ether oxygens (including phenoxy) is 1. The van der Waals surface area contributed by atoms with Gasteiger partial charge in [0.05, 0.1) is 34.5 Å². The van der Waals surface area contributed by atoms with Gasteiger partial charge in [0.25, 0.3) is 0 Å². The number of benzene rings is 5. The average Bonchev–Trinajstić information content (AvgIpc) is 3.49. The number of rotatable bonds is 7. The highest BCUT2D eigenvalue weighted by molar-refractivity contribution is 9.10. The first-order valence-electron chi connectivity index (χ1n) is 18.7. The summed E-state index contributed by atoms with van der Waals surface area (Å²) in [5.41, 5.74) is 3.92. The van der Waals surface area contributed by atoms with Crippen LogP contribution >= 0.6 is 15.9 Å². The predicted octanol–water partition coefficient (Wildman–Crippen LogP) is 8.94. The third-order valence-electron chi connectivity index (χ3n) is 12.2. The molecule has 2 N–H and O–H groups in total. The van der Waals surface area contributed by atoms with Gasteiger partial charge in [-0.05, 0) is 106 Å². The van der Waals surface area contributed by atoms with E-state index in [2.05, 4.69) is 21.2 Å². The van der Waals surface area contributed by atoms with Gasteiger partial charge in [0.2, 0.25) is 11.8 Å². The Balaban J connectivity index is 1.19. The molecule has 1 aliphatic heterocycles. The second-order valence-corrected chi connectivity index (χ2v) is 15.7. The molecule has 5 aromatic carbocycles. The number of anilines is 3. The van der Waals surface area contributed by atoms with Gasteiger partial charge in [-0.2, -0.15) is 0 Å².